The molecule has 16 heavy (non-hydrogen) atoms. The molecular formula is C11H18N4O. The van der Waals surface area contributed by atoms with E-state index in [1.54, 1.807) is 12.3 Å². The summed E-state index contributed by atoms with van der Waals surface area (Å²) in [7, 11) is 0. The highest BCUT2D eigenvalue weighted by atomic mass is 16.3. The van der Waals surface area contributed by atoms with Crippen molar-refractivity contribution in [3.63, 3.8) is 0 Å². The maximum absolute atomic E-state index is 8.99. The van der Waals surface area contributed by atoms with Crippen LogP contribution in [0.15, 0.2) is 12.3 Å². The Morgan fingerprint density at radius 3 is 2.81 bits per heavy atom. The molecule has 1 aliphatic heterocycles. The van der Waals surface area contributed by atoms with Gasteiger partial charge in [-0.1, -0.05) is 0 Å². The number of aliphatic hydroxyl groups is 1. The second-order valence-corrected chi connectivity index (χ2v) is 4.12. The number of nitrogens with two attached hydrogens (primary N) is 1. The molecule has 0 radical (unpaired) electrons. The number of rotatable bonds is 3. The van der Waals surface area contributed by atoms with Crippen molar-refractivity contribution in [2.75, 3.05) is 24.6 Å². The smallest absolute Gasteiger partial charge is 0.225 e. The molecule has 3 N–H and O–H groups in total. The van der Waals surface area contributed by atoms with Crippen LogP contribution in [0.2, 0.25) is 0 Å². The number of hydrogen-bond acceptors (Lipinski definition) is 5. The van der Waals surface area contributed by atoms with E-state index in [4.69, 9.17) is 10.8 Å². The van der Waals surface area contributed by atoms with Crippen LogP contribution in [-0.4, -0.2) is 34.8 Å². The highest BCUT2D eigenvalue weighted by Gasteiger charge is 2.15. The zero-order valence-corrected chi connectivity index (χ0v) is 9.34. The van der Waals surface area contributed by atoms with Crippen LogP contribution in [-0.2, 0) is 0 Å². The minimum atomic E-state index is -0.411. The van der Waals surface area contributed by atoms with Gasteiger partial charge in [0.2, 0.25) is 5.95 Å². The summed E-state index contributed by atoms with van der Waals surface area (Å²) in [6, 6.07) is 1.35. The van der Waals surface area contributed by atoms with E-state index in [1.165, 1.54) is 19.3 Å². The summed E-state index contributed by atoms with van der Waals surface area (Å²) in [5.74, 6) is 0.737. The van der Waals surface area contributed by atoms with Gasteiger partial charge >= 0.3 is 0 Å². The van der Waals surface area contributed by atoms with Gasteiger partial charge in [0.1, 0.15) is 0 Å². The molecule has 1 fully saturated rings. The molecule has 1 unspecified atom stereocenters. The summed E-state index contributed by atoms with van der Waals surface area (Å²) >= 11 is 0. The van der Waals surface area contributed by atoms with E-state index >= 15 is 0 Å². The van der Waals surface area contributed by atoms with Crippen LogP contribution in [0.3, 0.4) is 0 Å². The number of nitrogens with zero attached hydrogens (tertiary/aromatic N) is 3. The molecule has 88 valence electrons. The number of piperidine rings is 1. The van der Waals surface area contributed by atoms with Gasteiger partial charge in [-0.2, -0.15) is 0 Å². The highest BCUT2D eigenvalue weighted by molar-refractivity contribution is 5.31. The lowest BCUT2D eigenvalue weighted by Crippen LogP contribution is -2.31. The van der Waals surface area contributed by atoms with Gasteiger partial charge < -0.3 is 15.7 Å². The molecule has 5 nitrogen and oxygen atoms in total. The average molecular weight is 222 g/mol. The van der Waals surface area contributed by atoms with E-state index in [1.807, 2.05) is 0 Å². The molecule has 1 atom stereocenters. The minimum Gasteiger partial charge on any atom is -0.394 e. The Morgan fingerprint density at radius 2 is 2.12 bits per heavy atom. The van der Waals surface area contributed by atoms with Crippen molar-refractivity contribution in [3.8, 4) is 0 Å². The third-order valence-electron chi connectivity index (χ3n) is 2.88. The summed E-state index contributed by atoms with van der Waals surface area (Å²) in [6.07, 6.45) is 5.38. The van der Waals surface area contributed by atoms with Crippen molar-refractivity contribution in [2.24, 2.45) is 5.73 Å². The molecule has 1 saturated heterocycles. The molecule has 1 aromatic rings. The summed E-state index contributed by atoms with van der Waals surface area (Å²) < 4.78 is 0. The molecule has 0 amide bonds. The molecule has 0 aromatic carbocycles. The second kappa shape index (κ2) is 5.23. The van der Waals surface area contributed by atoms with E-state index in [0.717, 1.165) is 19.0 Å². The summed E-state index contributed by atoms with van der Waals surface area (Å²) in [6.45, 7) is 1.94. The molecule has 1 aliphatic rings. The molecule has 0 bridgehead atoms. The molecule has 0 saturated carbocycles. The Labute approximate surface area is 95.3 Å². The Bertz CT molecular complexity index is 339. The van der Waals surface area contributed by atoms with E-state index in [2.05, 4.69) is 14.9 Å². The Kier molecular flexibility index (Phi) is 3.69. The standard InChI is InChI=1S/C11H18N4O/c12-9(8-16)10-4-5-13-11(14-10)15-6-2-1-3-7-15/h4-5,9,16H,1-3,6-8,12H2. The fourth-order valence-electron chi connectivity index (χ4n) is 1.91. The van der Waals surface area contributed by atoms with Crippen LogP contribution in [0.5, 0.6) is 0 Å². The average Bonchev–Trinajstić information content (AvgIpc) is 2.39. The fourth-order valence-corrected chi connectivity index (χ4v) is 1.91. The molecule has 0 spiro atoms. The number of anilines is 1. The predicted molar refractivity (Wildman–Crippen MR) is 62.1 cm³/mol. The minimum absolute atomic E-state index is 0.0869. The maximum Gasteiger partial charge on any atom is 0.225 e. The van der Waals surface area contributed by atoms with Gasteiger partial charge in [-0.15, -0.1) is 0 Å². The summed E-state index contributed by atoms with van der Waals surface area (Å²) in [5, 5.41) is 8.99. The molecule has 0 aliphatic carbocycles. The van der Waals surface area contributed by atoms with Gasteiger partial charge in [0.05, 0.1) is 18.3 Å². The molecular weight excluding hydrogens is 204 g/mol. The SMILES string of the molecule is NC(CO)c1ccnc(N2CCCCC2)n1. The zero-order chi connectivity index (χ0) is 11.4. The largest absolute Gasteiger partial charge is 0.394 e. The Balaban J connectivity index is 2.14. The van der Waals surface area contributed by atoms with Gasteiger partial charge in [0.15, 0.2) is 0 Å². The van der Waals surface area contributed by atoms with Gasteiger partial charge in [-0.25, -0.2) is 9.97 Å². The normalized spacial score (nSPS) is 18.5. The first-order valence-corrected chi connectivity index (χ1v) is 5.75. The lowest BCUT2D eigenvalue weighted by molar-refractivity contribution is 0.266. The van der Waals surface area contributed by atoms with Crippen LogP contribution >= 0.6 is 0 Å². The zero-order valence-electron chi connectivity index (χ0n) is 9.34. The van der Waals surface area contributed by atoms with Gasteiger partial charge in [0, 0.05) is 19.3 Å². The van der Waals surface area contributed by atoms with Gasteiger partial charge in [0.25, 0.3) is 0 Å². The first kappa shape index (κ1) is 11.3. The third kappa shape index (κ3) is 2.48. The third-order valence-corrected chi connectivity index (χ3v) is 2.88. The topological polar surface area (TPSA) is 75.3 Å². The molecule has 5 heteroatoms. The van der Waals surface area contributed by atoms with Crippen LogP contribution in [0.4, 0.5) is 5.95 Å². The van der Waals surface area contributed by atoms with Crippen molar-refractivity contribution in [2.45, 2.75) is 25.3 Å². The van der Waals surface area contributed by atoms with Gasteiger partial charge in [-0.05, 0) is 25.3 Å². The van der Waals surface area contributed by atoms with Crippen LogP contribution in [0.25, 0.3) is 0 Å². The van der Waals surface area contributed by atoms with E-state index < -0.39 is 6.04 Å². The summed E-state index contributed by atoms with van der Waals surface area (Å²) in [5.41, 5.74) is 6.44. The first-order valence-electron chi connectivity index (χ1n) is 5.75. The van der Waals surface area contributed by atoms with Gasteiger partial charge in [-0.3, -0.25) is 0 Å². The van der Waals surface area contributed by atoms with E-state index in [-0.39, 0.29) is 6.61 Å². The fraction of sp³-hybridized carbons (Fsp3) is 0.636. The second-order valence-electron chi connectivity index (χ2n) is 4.12. The van der Waals surface area contributed by atoms with Crippen LogP contribution in [0.1, 0.15) is 31.0 Å². The Morgan fingerprint density at radius 1 is 1.38 bits per heavy atom. The van der Waals surface area contributed by atoms with E-state index in [9.17, 15) is 0 Å². The maximum atomic E-state index is 8.99. The van der Waals surface area contributed by atoms with Crippen molar-refractivity contribution in [1.82, 2.24) is 9.97 Å². The number of aromatic nitrogens is 2. The monoisotopic (exact) mass is 222 g/mol. The first-order chi connectivity index (χ1) is 7.81. The molecule has 2 rings (SSSR count). The lowest BCUT2D eigenvalue weighted by atomic mass is 10.1. The quantitative estimate of drug-likeness (QED) is 0.777. The van der Waals surface area contributed by atoms with E-state index in [0.29, 0.717) is 5.69 Å². The summed E-state index contributed by atoms with van der Waals surface area (Å²) in [4.78, 5) is 10.8. The van der Waals surface area contributed by atoms with Crippen molar-refractivity contribution in [3.05, 3.63) is 18.0 Å². The highest BCUT2D eigenvalue weighted by Crippen LogP contribution is 2.16. The van der Waals surface area contributed by atoms with Crippen molar-refractivity contribution >= 4 is 5.95 Å². The molecule has 2 heterocycles. The molecule has 1 aromatic heterocycles. The number of hydrogen-bond donors (Lipinski definition) is 2. The predicted octanol–water partition coefficient (Wildman–Crippen LogP) is 0.459. The van der Waals surface area contributed by atoms with Crippen LogP contribution < -0.4 is 10.6 Å². The van der Waals surface area contributed by atoms with Crippen molar-refractivity contribution in [1.29, 1.82) is 0 Å². The Hall–Kier alpha value is -1.20. The van der Waals surface area contributed by atoms with Crippen LogP contribution in [0, 0.1) is 0 Å². The number of aliphatic hydroxyl groups excluding tert-OH is 1. The lowest BCUT2D eigenvalue weighted by Gasteiger charge is -2.27. The van der Waals surface area contributed by atoms with Crippen molar-refractivity contribution < 1.29 is 5.11 Å².